The van der Waals surface area contributed by atoms with Gasteiger partial charge in [-0.2, -0.15) is 0 Å². The highest BCUT2D eigenvalue weighted by molar-refractivity contribution is 6.46. The molecule has 0 spiro atoms. The number of hydrogen-bond donors (Lipinski definition) is 2. The fraction of sp³-hybridized carbons (Fsp3) is 0.500. The molecular weight excluding hydrogens is 524 g/mol. The number of likely N-dealkylation sites (tertiary alicyclic amines) is 1. The SMILES string of the molecule is CCCCOc1ccc(C2C(=C(O)c3ccc4c(c3)CC(C)O4)C(=O)C(=O)N2CCC[NH+]2CCOCC2)cc1OC. The number of nitrogens with zero attached hydrogens (tertiary/aromatic N) is 1. The summed E-state index contributed by atoms with van der Waals surface area (Å²) in [5.41, 5.74) is 2.23. The number of aliphatic hydroxyl groups excluding tert-OH is 1. The van der Waals surface area contributed by atoms with Crippen LogP contribution in [-0.2, 0) is 20.7 Å². The number of carbonyl (C=O) groups is 2. The van der Waals surface area contributed by atoms with E-state index in [2.05, 4.69) is 6.92 Å². The number of morpholine rings is 1. The second-order valence-electron chi connectivity index (χ2n) is 11.0. The van der Waals surface area contributed by atoms with Gasteiger partial charge in [0.1, 0.15) is 30.7 Å². The van der Waals surface area contributed by atoms with Gasteiger partial charge in [-0.15, -0.1) is 0 Å². The van der Waals surface area contributed by atoms with Crippen LogP contribution in [0.5, 0.6) is 17.2 Å². The lowest BCUT2D eigenvalue weighted by atomic mass is 9.94. The molecule has 2 aromatic carbocycles. The monoisotopic (exact) mass is 565 g/mol. The molecule has 41 heavy (non-hydrogen) atoms. The highest BCUT2D eigenvalue weighted by Gasteiger charge is 2.46. The normalized spacial score (nSPS) is 22.1. The first-order valence-electron chi connectivity index (χ1n) is 14.7. The third-order valence-corrected chi connectivity index (χ3v) is 8.10. The minimum atomic E-state index is -0.753. The van der Waals surface area contributed by atoms with Gasteiger partial charge in [-0.25, -0.2) is 0 Å². The first-order chi connectivity index (χ1) is 19.9. The van der Waals surface area contributed by atoms with Crippen molar-refractivity contribution >= 4 is 17.4 Å². The smallest absolute Gasteiger partial charge is 0.295 e. The summed E-state index contributed by atoms with van der Waals surface area (Å²) in [6, 6.07) is 10.1. The van der Waals surface area contributed by atoms with Gasteiger partial charge in [0, 0.05) is 24.9 Å². The Labute approximate surface area is 241 Å². The predicted molar refractivity (Wildman–Crippen MR) is 154 cm³/mol. The van der Waals surface area contributed by atoms with E-state index in [0.717, 1.165) is 69.8 Å². The summed E-state index contributed by atoms with van der Waals surface area (Å²) >= 11 is 0. The molecule has 1 amide bonds. The Morgan fingerprint density at radius 2 is 1.90 bits per heavy atom. The van der Waals surface area contributed by atoms with Gasteiger partial charge in [-0.05, 0) is 54.8 Å². The fourth-order valence-electron chi connectivity index (χ4n) is 5.89. The summed E-state index contributed by atoms with van der Waals surface area (Å²) in [4.78, 5) is 30.0. The Kier molecular flexibility index (Phi) is 9.15. The maximum Gasteiger partial charge on any atom is 0.295 e. The fourth-order valence-corrected chi connectivity index (χ4v) is 5.89. The molecule has 0 aliphatic carbocycles. The average Bonchev–Trinajstić information content (AvgIpc) is 3.48. The number of carbonyl (C=O) groups excluding carboxylic acids is 2. The number of hydrogen-bond acceptors (Lipinski definition) is 7. The van der Waals surface area contributed by atoms with Gasteiger partial charge in [0.2, 0.25) is 0 Å². The van der Waals surface area contributed by atoms with Crippen LogP contribution in [0.25, 0.3) is 5.76 Å². The molecule has 2 atom stereocenters. The van der Waals surface area contributed by atoms with Crippen LogP contribution >= 0.6 is 0 Å². The van der Waals surface area contributed by atoms with Crippen LogP contribution in [0.1, 0.15) is 55.8 Å². The van der Waals surface area contributed by atoms with Crippen LogP contribution in [0.2, 0.25) is 0 Å². The summed E-state index contributed by atoms with van der Waals surface area (Å²) < 4.78 is 22.9. The molecule has 3 aliphatic heterocycles. The number of ether oxygens (including phenoxy) is 4. The van der Waals surface area contributed by atoms with Crippen molar-refractivity contribution in [2.75, 3.05) is 53.1 Å². The Balaban J connectivity index is 1.50. The van der Waals surface area contributed by atoms with Gasteiger partial charge in [-0.3, -0.25) is 9.59 Å². The van der Waals surface area contributed by atoms with E-state index in [0.29, 0.717) is 35.8 Å². The molecule has 2 N–H and O–H groups in total. The zero-order valence-electron chi connectivity index (χ0n) is 24.2. The van der Waals surface area contributed by atoms with Crippen molar-refractivity contribution in [2.45, 2.75) is 51.7 Å². The van der Waals surface area contributed by atoms with Crippen molar-refractivity contribution < 1.29 is 38.5 Å². The molecule has 9 heteroatoms. The maximum atomic E-state index is 13.5. The van der Waals surface area contributed by atoms with Gasteiger partial charge in [0.25, 0.3) is 11.7 Å². The molecule has 3 aliphatic rings. The summed E-state index contributed by atoms with van der Waals surface area (Å²) in [5, 5.41) is 11.6. The number of benzene rings is 2. The molecule has 9 nitrogen and oxygen atoms in total. The highest BCUT2D eigenvalue weighted by atomic mass is 16.5. The molecule has 0 saturated carbocycles. The third-order valence-electron chi connectivity index (χ3n) is 8.10. The Bertz CT molecular complexity index is 1300. The lowest BCUT2D eigenvalue weighted by molar-refractivity contribution is -0.908. The molecule has 3 heterocycles. The van der Waals surface area contributed by atoms with Gasteiger partial charge in [0.15, 0.2) is 11.5 Å². The van der Waals surface area contributed by atoms with E-state index < -0.39 is 17.7 Å². The molecule has 0 aromatic heterocycles. The van der Waals surface area contributed by atoms with E-state index in [4.69, 9.17) is 18.9 Å². The van der Waals surface area contributed by atoms with Crippen molar-refractivity contribution in [3.8, 4) is 17.2 Å². The van der Waals surface area contributed by atoms with E-state index in [1.807, 2.05) is 37.3 Å². The molecule has 2 unspecified atom stereocenters. The number of aliphatic hydroxyl groups is 1. The molecule has 0 radical (unpaired) electrons. The van der Waals surface area contributed by atoms with Crippen LogP contribution in [0.3, 0.4) is 0 Å². The number of Topliss-reactive ketones (excluding diaryl/α,β-unsaturated/α-hetero) is 1. The molecule has 5 rings (SSSR count). The molecule has 2 saturated heterocycles. The second kappa shape index (κ2) is 13.0. The number of methoxy groups -OCH3 is 1. The van der Waals surface area contributed by atoms with Gasteiger partial charge >= 0.3 is 0 Å². The van der Waals surface area contributed by atoms with Crippen molar-refractivity contribution in [1.82, 2.24) is 4.90 Å². The van der Waals surface area contributed by atoms with Gasteiger partial charge in [-0.1, -0.05) is 19.4 Å². The third kappa shape index (κ3) is 6.21. The van der Waals surface area contributed by atoms with Crippen molar-refractivity contribution in [2.24, 2.45) is 0 Å². The van der Waals surface area contributed by atoms with E-state index in [9.17, 15) is 14.7 Å². The number of rotatable bonds is 11. The second-order valence-corrected chi connectivity index (χ2v) is 11.0. The summed E-state index contributed by atoms with van der Waals surface area (Å²) in [7, 11) is 1.57. The zero-order chi connectivity index (χ0) is 28.9. The highest BCUT2D eigenvalue weighted by Crippen LogP contribution is 2.42. The van der Waals surface area contributed by atoms with Gasteiger partial charge < -0.3 is 33.9 Å². The van der Waals surface area contributed by atoms with Crippen LogP contribution in [0.4, 0.5) is 0 Å². The first kappa shape index (κ1) is 29.0. The Hall–Kier alpha value is -3.56. The summed E-state index contributed by atoms with van der Waals surface area (Å²) in [5.74, 6) is 0.433. The Morgan fingerprint density at radius 3 is 2.66 bits per heavy atom. The molecule has 2 fully saturated rings. The molecule has 220 valence electrons. The van der Waals surface area contributed by atoms with Crippen LogP contribution in [0.15, 0.2) is 42.0 Å². The number of nitrogens with one attached hydrogen (secondary N) is 1. The number of fused-ring (bicyclic) bond motifs is 1. The number of amides is 1. The topological polar surface area (TPSA) is 99.0 Å². The molecule has 0 bridgehead atoms. The standard InChI is InChI=1S/C32H40N2O7/c1-4-5-15-40-26-10-7-22(20-27(26)38-3)29-28(30(35)23-8-9-25-24(19-23)18-21(2)41-25)31(36)32(37)34(29)12-6-11-33-13-16-39-17-14-33/h7-10,19-21,29,35H,4-6,11-18H2,1-3H3/p+1. The zero-order valence-corrected chi connectivity index (χ0v) is 24.2. The van der Waals surface area contributed by atoms with Crippen LogP contribution in [-0.4, -0.2) is 80.9 Å². The minimum Gasteiger partial charge on any atom is -0.507 e. The largest absolute Gasteiger partial charge is 0.507 e. The van der Waals surface area contributed by atoms with E-state index in [1.165, 1.54) is 4.90 Å². The van der Waals surface area contributed by atoms with Crippen molar-refractivity contribution in [1.29, 1.82) is 0 Å². The number of unbranched alkanes of at least 4 members (excludes halogenated alkanes) is 1. The minimum absolute atomic E-state index is 0.0482. The first-order valence-corrected chi connectivity index (χ1v) is 14.7. The quantitative estimate of drug-likeness (QED) is 0.187. The number of ketones is 1. The average molecular weight is 566 g/mol. The summed E-state index contributed by atoms with van der Waals surface area (Å²) in [6.07, 6.45) is 3.42. The summed E-state index contributed by atoms with van der Waals surface area (Å²) in [6.45, 7) is 9.25. The van der Waals surface area contributed by atoms with E-state index in [-0.39, 0.29) is 17.4 Å². The molecule has 2 aromatic rings. The predicted octanol–water partition coefficient (Wildman–Crippen LogP) is 2.92. The van der Waals surface area contributed by atoms with Crippen molar-refractivity contribution in [3.63, 3.8) is 0 Å². The van der Waals surface area contributed by atoms with E-state index >= 15 is 0 Å². The Morgan fingerprint density at radius 1 is 1.10 bits per heavy atom. The lowest BCUT2D eigenvalue weighted by Crippen LogP contribution is -3.14. The molecular formula is C32H41N2O7+. The van der Waals surface area contributed by atoms with Crippen LogP contribution in [0, 0.1) is 0 Å². The lowest BCUT2D eigenvalue weighted by Gasteiger charge is -2.28. The number of quaternary nitrogens is 1. The van der Waals surface area contributed by atoms with Crippen molar-refractivity contribution in [3.05, 3.63) is 58.7 Å². The maximum absolute atomic E-state index is 13.5. The van der Waals surface area contributed by atoms with Gasteiger partial charge in [0.05, 0.1) is 45.1 Å². The van der Waals surface area contributed by atoms with E-state index in [1.54, 1.807) is 18.1 Å². The van der Waals surface area contributed by atoms with Crippen LogP contribution < -0.4 is 19.1 Å².